The molecule has 1 atom stereocenters. The second kappa shape index (κ2) is 9.08. The smallest absolute Gasteiger partial charge is 0.228 e. The first-order valence-electron chi connectivity index (χ1n) is 8.74. The molecule has 1 saturated heterocycles. The molecule has 132 valence electrons. The third-order valence-corrected chi connectivity index (χ3v) is 4.17. The summed E-state index contributed by atoms with van der Waals surface area (Å²) < 4.78 is 11.4. The van der Waals surface area contributed by atoms with E-state index in [2.05, 4.69) is 10.6 Å². The van der Waals surface area contributed by atoms with Crippen molar-refractivity contribution in [2.45, 2.75) is 12.8 Å². The fraction of sp³-hybridized carbons (Fsp3) is 0.350. The van der Waals surface area contributed by atoms with E-state index in [0.29, 0.717) is 24.7 Å². The minimum atomic E-state index is 0.0169. The van der Waals surface area contributed by atoms with Gasteiger partial charge in [-0.05, 0) is 43.7 Å². The van der Waals surface area contributed by atoms with Crippen molar-refractivity contribution < 1.29 is 14.3 Å². The summed E-state index contributed by atoms with van der Waals surface area (Å²) in [7, 11) is 0. The van der Waals surface area contributed by atoms with Gasteiger partial charge in [-0.15, -0.1) is 0 Å². The van der Waals surface area contributed by atoms with Gasteiger partial charge in [0, 0.05) is 6.54 Å². The summed E-state index contributed by atoms with van der Waals surface area (Å²) in [4.78, 5) is 12.4. The Balaban J connectivity index is 1.50. The predicted octanol–water partition coefficient (Wildman–Crippen LogP) is 3.08. The maximum Gasteiger partial charge on any atom is 0.228 e. The number of carbonyl (C=O) groups is 1. The van der Waals surface area contributed by atoms with Crippen LogP contribution in [0.3, 0.4) is 0 Å². The summed E-state index contributed by atoms with van der Waals surface area (Å²) in [6.45, 7) is 2.58. The first kappa shape index (κ1) is 17.3. The van der Waals surface area contributed by atoms with E-state index in [4.69, 9.17) is 9.47 Å². The molecule has 2 N–H and O–H groups in total. The fourth-order valence-corrected chi connectivity index (χ4v) is 2.83. The van der Waals surface area contributed by atoms with Gasteiger partial charge in [0.1, 0.15) is 24.7 Å². The Bertz CT molecular complexity index is 670. The number of carbonyl (C=O) groups excluding carboxylic acids is 1. The van der Waals surface area contributed by atoms with Gasteiger partial charge in [-0.2, -0.15) is 0 Å². The van der Waals surface area contributed by atoms with Gasteiger partial charge in [0.2, 0.25) is 5.91 Å². The molecule has 5 heteroatoms. The molecule has 0 bridgehead atoms. The van der Waals surface area contributed by atoms with Crippen molar-refractivity contribution in [2.24, 2.45) is 5.92 Å². The molecule has 1 aliphatic heterocycles. The lowest BCUT2D eigenvalue weighted by atomic mass is 9.99. The van der Waals surface area contributed by atoms with Crippen LogP contribution in [-0.4, -0.2) is 32.2 Å². The lowest BCUT2D eigenvalue weighted by Crippen LogP contribution is -2.37. The molecule has 0 saturated carbocycles. The van der Waals surface area contributed by atoms with Crippen LogP contribution in [-0.2, 0) is 4.79 Å². The Kier molecular flexibility index (Phi) is 6.29. The monoisotopic (exact) mass is 340 g/mol. The van der Waals surface area contributed by atoms with E-state index in [-0.39, 0.29) is 11.8 Å². The van der Waals surface area contributed by atoms with Crippen LogP contribution < -0.4 is 20.1 Å². The zero-order valence-electron chi connectivity index (χ0n) is 14.2. The summed E-state index contributed by atoms with van der Waals surface area (Å²) in [5.41, 5.74) is 0.706. The van der Waals surface area contributed by atoms with Crippen molar-refractivity contribution >= 4 is 11.6 Å². The van der Waals surface area contributed by atoms with E-state index in [0.717, 1.165) is 31.7 Å². The summed E-state index contributed by atoms with van der Waals surface area (Å²) >= 11 is 0. The van der Waals surface area contributed by atoms with Crippen LogP contribution in [0.4, 0.5) is 5.69 Å². The first-order valence-corrected chi connectivity index (χ1v) is 8.74. The quantitative estimate of drug-likeness (QED) is 0.761. The summed E-state index contributed by atoms with van der Waals surface area (Å²) in [6.07, 6.45) is 1.96. The molecule has 2 aromatic carbocycles. The van der Waals surface area contributed by atoms with E-state index in [1.54, 1.807) is 0 Å². The van der Waals surface area contributed by atoms with Gasteiger partial charge in [-0.3, -0.25) is 4.79 Å². The SMILES string of the molecule is O=C(Nc1ccccc1OCCOc1ccccc1)C1CCCNC1. The summed E-state index contributed by atoms with van der Waals surface area (Å²) in [5.74, 6) is 1.54. The van der Waals surface area contributed by atoms with Gasteiger partial charge >= 0.3 is 0 Å². The lowest BCUT2D eigenvalue weighted by molar-refractivity contribution is -0.120. The standard InChI is InChI=1S/C20H24N2O3/c23-20(16-7-6-12-21-15-16)22-18-10-4-5-11-19(18)25-14-13-24-17-8-2-1-3-9-17/h1-5,8-11,16,21H,6-7,12-15H2,(H,22,23). The van der Waals surface area contributed by atoms with Crippen LogP contribution in [0.15, 0.2) is 54.6 Å². The molecule has 1 fully saturated rings. The van der Waals surface area contributed by atoms with Crippen LogP contribution in [0, 0.1) is 5.92 Å². The predicted molar refractivity (Wildman–Crippen MR) is 98.1 cm³/mol. The number of hydrogen-bond donors (Lipinski definition) is 2. The van der Waals surface area contributed by atoms with Crippen LogP contribution in [0.2, 0.25) is 0 Å². The molecule has 1 amide bonds. The third kappa shape index (κ3) is 5.22. The van der Waals surface area contributed by atoms with Gasteiger partial charge in [-0.1, -0.05) is 30.3 Å². The Morgan fingerprint density at radius 1 is 1.04 bits per heavy atom. The highest BCUT2D eigenvalue weighted by molar-refractivity contribution is 5.94. The Morgan fingerprint density at radius 2 is 1.80 bits per heavy atom. The van der Waals surface area contributed by atoms with E-state index in [1.807, 2.05) is 54.6 Å². The molecule has 0 aromatic heterocycles. The van der Waals surface area contributed by atoms with Gasteiger partial charge in [0.05, 0.1) is 11.6 Å². The number of piperidine rings is 1. The zero-order valence-corrected chi connectivity index (χ0v) is 14.2. The minimum absolute atomic E-state index is 0.0169. The van der Waals surface area contributed by atoms with E-state index >= 15 is 0 Å². The fourth-order valence-electron chi connectivity index (χ4n) is 2.83. The van der Waals surface area contributed by atoms with Crippen molar-refractivity contribution in [3.8, 4) is 11.5 Å². The minimum Gasteiger partial charge on any atom is -0.490 e. The number of ether oxygens (including phenoxy) is 2. The molecule has 1 aliphatic rings. The first-order chi connectivity index (χ1) is 12.3. The molecule has 0 aliphatic carbocycles. The van der Waals surface area contributed by atoms with Crippen LogP contribution in [0.25, 0.3) is 0 Å². The molecule has 0 spiro atoms. The van der Waals surface area contributed by atoms with Crippen molar-refractivity contribution in [1.82, 2.24) is 5.32 Å². The number of anilines is 1. The maximum absolute atomic E-state index is 12.4. The highest BCUT2D eigenvalue weighted by Gasteiger charge is 2.21. The number of nitrogens with one attached hydrogen (secondary N) is 2. The van der Waals surface area contributed by atoms with E-state index in [9.17, 15) is 4.79 Å². The number of para-hydroxylation sites is 3. The molecule has 2 aromatic rings. The average Bonchev–Trinajstić information content (AvgIpc) is 2.68. The molecule has 5 nitrogen and oxygen atoms in total. The maximum atomic E-state index is 12.4. The molecule has 25 heavy (non-hydrogen) atoms. The van der Waals surface area contributed by atoms with E-state index < -0.39 is 0 Å². The van der Waals surface area contributed by atoms with Crippen molar-refractivity contribution in [2.75, 3.05) is 31.6 Å². The highest BCUT2D eigenvalue weighted by atomic mass is 16.5. The third-order valence-electron chi connectivity index (χ3n) is 4.17. The topological polar surface area (TPSA) is 59.6 Å². The van der Waals surface area contributed by atoms with Gasteiger partial charge in [-0.25, -0.2) is 0 Å². The van der Waals surface area contributed by atoms with Crippen LogP contribution >= 0.6 is 0 Å². The van der Waals surface area contributed by atoms with Crippen molar-refractivity contribution in [1.29, 1.82) is 0 Å². The normalized spacial score (nSPS) is 16.9. The van der Waals surface area contributed by atoms with Crippen molar-refractivity contribution in [3.63, 3.8) is 0 Å². The second-order valence-electron chi connectivity index (χ2n) is 6.04. The zero-order chi connectivity index (χ0) is 17.3. The van der Waals surface area contributed by atoms with Crippen LogP contribution in [0.5, 0.6) is 11.5 Å². The second-order valence-corrected chi connectivity index (χ2v) is 6.04. The largest absolute Gasteiger partial charge is 0.490 e. The number of benzene rings is 2. The van der Waals surface area contributed by atoms with E-state index in [1.165, 1.54) is 0 Å². The molecule has 0 radical (unpaired) electrons. The summed E-state index contributed by atoms with van der Waals surface area (Å²) in [5, 5.41) is 6.26. The lowest BCUT2D eigenvalue weighted by Gasteiger charge is -2.22. The number of rotatable bonds is 7. The Labute approximate surface area is 148 Å². The van der Waals surface area contributed by atoms with Crippen molar-refractivity contribution in [3.05, 3.63) is 54.6 Å². The molecular weight excluding hydrogens is 316 g/mol. The molecular formula is C20H24N2O3. The average molecular weight is 340 g/mol. The molecule has 1 unspecified atom stereocenters. The Morgan fingerprint density at radius 3 is 2.60 bits per heavy atom. The molecule has 3 rings (SSSR count). The van der Waals surface area contributed by atoms with Gasteiger partial charge < -0.3 is 20.1 Å². The number of hydrogen-bond acceptors (Lipinski definition) is 4. The summed E-state index contributed by atoms with van der Waals surface area (Å²) in [6, 6.07) is 17.1. The van der Waals surface area contributed by atoms with Gasteiger partial charge in [0.15, 0.2) is 0 Å². The molecule has 1 heterocycles. The van der Waals surface area contributed by atoms with Crippen LogP contribution in [0.1, 0.15) is 12.8 Å². The van der Waals surface area contributed by atoms with Gasteiger partial charge in [0.25, 0.3) is 0 Å². The number of amides is 1. The highest BCUT2D eigenvalue weighted by Crippen LogP contribution is 2.25. The Hall–Kier alpha value is -2.53.